The summed E-state index contributed by atoms with van der Waals surface area (Å²) >= 11 is 4.86. The zero-order chi connectivity index (χ0) is 9.19. The molecule has 1 fully saturated rings. The fourth-order valence-electron chi connectivity index (χ4n) is 1.34. The minimum Gasteiger partial charge on any atom is -0.449 e. The van der Waals surface area contributed by atoms with Gasteiger partial charge in [-0.2, -0.15) is 5.26 Å². The highest BCUT2D eigenvalue weighted by atomic mass is 32.1. The van der Waals surface area contributed by atoms with Gasteiger partial charge in [0, 0.05) is 12.5 Å². The summed E-state index contributed by atoms with van der Waals surface area (Å²) in [6.07, 6.45) is 0.673. The predicted octanol–water partition coefficient (Wildman–Crippen LogP) is 1.20. The molecule has 1 heterocycles. The van der Waals surface area contributed by atoms with E-state index < -0.39 is 5.60 Å². The Morgan fingerprint density at radius 2 is 2.58 bits per heavy atom. The Labute approximate surface area is 77.7 Å². The summed E-state index contributed by atoms with van der Waals surface area (Å²) in [7, 11) is 0. The van der Waals surface area contributed by atoms with Crippen LogP contribution in [0.15, 0.2) is 0 Å². The van der Waals surface area contributed by atoms with Gasteiger partial charge in [-0.15, -0.1) is 0 Å². The minimum absolute atomic E-state index is 0.180. The second kappa shape index (κ2) is 3.28. The van der Waals surface area contributed by atoms with Crippen molar-refractivity contribution in [3.8, 4) is 6.07 Å². The molecule has 0 aromatic heterocycles. The van der Waals surface area contributed by atoms with Gasteiger partial charge in [0.05, 0.1) is 0 Å². The lowest BCUT2D eigenvalue weighted by Crippen LogP contribution is -2.52. The molecule has 1 rings (SSSR count). The van der Waals surface area contributed by atoms with E-state index in [0.29, 0.717) is 11.6 Å². The lowest BCUT2D eigenvalue weighted by molar-refractivity contribution is 0.0331. The molecule has 1 aliphatic heterocycles. The SMILES string of the molecule is CCC1(C#N)OC(=S)NCC1C. The molecule has 1 N–H and O–H groups in total. The van der Waals surface area contributed by atoms with Crippen molar-refractivity contribution in [3.63, 3.8) is 0 Å². The van der Waals surface area contributed by atoms with Gasteiger partial charge in [0.25, 0.3) is 5.17 Å². The summed E-state index contributed by atoms with van der Waals surface area (Å²) in [5.74, 6) is 0.180. The molecular weight excluding hydrogens is 172 g/mol. The van der Waals surface area contributed by atoms with Crippen LogP contribution in [0.25, 0.3) is 0 Å². The van der Waals surface area contributed by atoms with Gasteiger partial charge in [-0.25, -0.2) is 0 Å². The molecule has 0 amide bonds. The van der Waals surface area contributed by atoms with Crippen LogP contribution in [0.1, 0.15) is 20.3 Å². The minimum atomic E-state index is -0.706. The first-order valence-corrected chi connectivity index (χ1v) is 4.43. The number of nitrogens with one attached hydrogen (secondary N) is 1. The number of hydrogen-bond donors (Lipinski definition) is 1. The third-order valence-electron chi connectivity index (χ3n) is 2.34. The average molecular weight is 184 g/mol. The van der Waals surface area contributed by atoms with E-state index in [0.717, 1.165) is 6.54 Å². The van der Waals surface area contributed by atoms with Crippen molar-refractivity contribution < 1.29 is 4.74 Å². The molecule has 1 aliphatic rings. The van der Waals surface area contributed by atoms with E-state index in [4.69, 9.17) is 22.2 Å². The molecule has 0 aromatic rings. The molecule has 0 saturated carbocycles. The number of rotatable bonds is 1. The number of hydrogen-bond acceptors (Lipinski definition) is 3. The molecule has 3 nitrogen and oxygen atoms in total. The van der Waals surface area contributed by atoms with Crippen molar-refractivity contribution in [1.82, 2.24) is 5.32 Å². The van der Waals surface area contributed by atoms with Crippen molar-refractivity contribution in [1.29, 1.82) is 5.26 Å². The number of nitriles is 1. The zero-order valence-corrected chi connectivity index (χ0v) is 8.07. The molecule has 0 bridgehead atoms. The maximum absolute atomic E-state index is 8.97. The van der Waals surface area contributed by atoms with Gasteiger partial charge < -0.3 is 10.1 Å². The van der Waals surface area contributed by atoms with Crippen LogP contribution < -0.4 is 5.32 Å². The zero-order valence-electron chi connectivity index (χ0n) is 7.26. The van der Waals surface area contributed by atoms with E-state index in [1.165, 1.54) is 0 Å². The Kier molecular flexibility index (Phi) is 2.53. The smallest absolute Gasteiger partial charge is 0.258 e. The van der Waals surface area contributed by atoms with Crippen LogP contribution in [0.3, 0.4) is 0 Å². The molecular formula is C8H12N2OS. The Bertz CT molecular complexity index is 236. The lowest BCUT2D eigenvalue weighted by atomic mass is 9.86. The number of thiocarbonyl (C=S) groups is 1. The topological polar surface area (TPSA) is 45.0 Å². The molecule has 12 heavy (non-hydrogen) atoms. The van der Waals surface area contributed by atoms with Crippen LogP contribution in [0.4, 0.5) is 0 Å². The van der Waals surface area contributed by atoms with Gasteiger partial charge in [0.15, 0.2) is 0 Å². The molecule has 0 aromatic carbocycles. The van der Waals surface area contributed by atoms with E-state index in [1.807, 2.05) is 13.8 Å². The van der Waals surface area contributed by atoms with E-state index in [2.05, 4.69) is 11.4 Å². The number of nitrogens with zero attached hydrogens (tertiary/aromatic N) is 1. The molecule has 66 valence electrons. The Morgan fingerprint density at radius 3 is 3.00 bits per heavy atom. The predicted molar refractivity (Wildman–Crippen MR) is 49.5 cm³/mol. The van der Waals surface area contributed by atoms with E-state index >= 15 is 0 Å². The average Bonchev–Trinajstić information content (AvgIpc) is 2.09. The summed E-state index contributed by atoms with van der Waals surface area (Å²) in [5, 5.41) is 12.2. The highest BCUT2D eigenvalue weighted by Crippen LogP contribution is 2.27. The van der Waals surface area contributed by atoms with E-state index in [1.54, 1.807) is 0 Å². The second-order valence-electron chi connectivity index (χ2n) is 3.03. The molecule has 0 spiro atoms. The Morgan fingerprint density at radius 1 is 1.92 bits per heavy atom. The number of ether oxygens (including phenoxy) is 1. The van der Waals surface area contributed by atoms with Crippen molar-refractivity contribution >= 4 is 17.4 Å². The van der Waals surface area contributed by atoms with Gasteiger partial charge in [-0.3, -0.25) is 0 Å². The monoisotopic (exact) mass is 184 g/mol. The van der Waals surface area contributed by atoms with Crippen LogP contribution in [-0.2, 0) is 4.74 Å². The summed E-state index contributed by atoms with van der Waals surface area (Å²) in [5.41, 5.74) is -0.706. The molecule has 2 unspecified atom stereocenters. The molecule has 1 saturated heterocycles. The largest absolute Gasteiger partial charge is 0.449 e. The fraction of sp³-hybridized carbons (Fsp3) is 0.750. The van der Waals surface area contributed by atoms with Crippen LogP contribution in [0.2, 0.25) is 0 Å². The standard InChI is InChI=1S/C8H12N2OS/c1-3-8(5-9)6(2)4-10-7(12)11-8/h6H,3-4H2,1-2H3,(H,10,12). The highest BCUT2D eigenvalue weighted by Gasteiger charge is 2.40. The fourth-order valence-corrected chi connectivity index (χ4v) is 1.57. The maximum Gasteiger partial charge on any atom is 0.258 e. The van der Waals surface area contributed by atoms with Crippen molar-refractivity contribution in [3.05, 3.63) is 0 Å². The first-order valence-electron chi connectivity index (χ1n) is 4.02. The van der Waals surface area contributed by atoms with Crippen molar-refractivity contribution in [2.75, 3.05) is 6.54 Å². The Balaban J connectivity index is 2.84. The van der Waals surface area contributed by atoms with Gasteiger partial charge in [-0.05, 0) is 18.6 Å². The van der Waals surface area contributed by atoms with Crippen molar-refractivity contribution in [2.45, 2.75) is 25.9 Å². The van der Waals surface area contributed by atoms with E-state index in [-0.39, 0.29) is 5.92 Å². The summed E-state index contributed by atoms with van der Waals surface area (Å²) in [6.45, 7) is 4.65. The highest BCUT2D eigenvalue weighted by molar-refractivity contribution is 7.80. The first kappa shape index (κ1) is 9.27. The maximum atomic E-state index is 8.97. The van der Waals surface area contributed by atoms with Crippen molar-refractivity contribution in [2.24, 2.45) is 5.92 Å². The van der Waals surface area contributed by atoms with Gasteiger partial charge >= 0.3 is 0 Å². The second-order valence-corrected chi connectivity index (χ2v) is 3.40. The third-order valence-corrected chi connectivity index (χ3v) is 2.57. The van der Waals surface area contributed by atoms with Gasteiger partial charge in [-0.1, -0.05) is 13.8 Å². The molecule has 0 aliphatic carbocycles. The lowest BCUT2D eigenvalue weighted by Gasteiger charge is -2.37. The van der Waals surface area contributed by atoms with E-state index in [9.17, 15) is 0 Å². The molecule has 4 heteroatoms. The third kappa shape index (κ3) is 1.37. The van der Waals surface area contributed by atoms with Crippen LogP contribution in [0, 0.1) is 17.2 Å². The van der Waals surface area contributed by atoms with Crippen LogP contribution in [0.5, 0.6) is 0 Å². The molecule has 0 radical (unpaired) electrons. The first-order chi connectivity index (χ1) is 5.64. The van der Waals surface area contributed by atoms with Gasteiger partial charge in [0.1, 0.15) is 6.07 Å². The molecule has 2 atom stereocenters. The van der Waals surface area contributed by atoms with Gasteiger partial charge in [0.2, 0.25) is 5.60 Å². The van der Waals surface area contributed by atoms with Crippen LogP contribution in [-0.4, -0.2) is 17.3 Å². The Hall–Kier alpha value is -0.820. The quantitative estimate of drug-likeness (QED) is 0.622. The summed E-state index contributed by atoms with van der Waals surface area (Å²) in [4.78, 5) is 0. The normalized spacial score (nSPS) is 34.8. The summed E-state index contributed by atoms with van der Waals surface area (Å²) < 4.78 is 5.34. The summed E-state index contributed by atoms with van der Waals surface area (Å²) in [6, 6.07) is 2.20. The van der Waals surface area contributed by atoms with Crippen LogP contribution >= 0.6 is 12.2 Å².